The third-order valence-corrected chi connectivity index (χ3v) is 4.04. The number of Topliss-reactive ketones (excluding diaryl/α,β-unsaturated/α-hetero) is 1. The van der Waals surface area contributed by atoms with Crippen LogP contribution in [0.4, 0.5) is 0 Å². The summed E-state index contributed by atoms with van der Waals surface area (Å²) in [5, 5.41) is 0.606. The molecular weight excluding hydrogens is 348 g/mol. The molecule has 0 aliphatic rings. The molecule has 0 saturated carbocycles. The van der Waals surface area contributed by atoms with Crippen molar-refractivity contribution in [3.05, 3.63) is 69.6 Å². The van der Waals surface area contributed by atoms with Crippen molar-refractivity contribution >= 4 is 22.7 Å². The van der Waals surface area contributed by atoms with Crippen LogP contribution < -0.4 is 15.1 Å². The van der Waals surface area contributed by atoms with Gasteiger partial charge in [-0.25, -0.2) is 9.59 Å². The van der Waals surface area contributed by atoms with Crippen LogP contribution in [0.15, 0.2) is 51.7 Å². The van der Waals surface area contributed by atoms with Gasteiger partial charge in [0, 0.05) is 11.5 Å². The van der Waals surface area contributed by atoms with E-state index in [1.807, 2.05) is 6.92 Å². The summed E-state index contributed by atoms with van der Waals surface area (Å²) in [4.78, 5) is 36.6. The smallest absolute Gasteiger partial charge is 0.347 e. The zero-order valence-corrected chi connectivity index (χ0v) is 15.2. The molecule has 0 spiro atoms. The second-order valence-electron chi connectivity index (χ2n) is 5.94. The van der Waals surface area contributed by atoms with E-state index in [1.165, 1.54) is 19.1 Å². The van der Waals surface area contributed by atoms with Crippen LogP contribution in [0.25, 0.3) is 11.0 Å². The van der Waals surface area contributed by atoms with Crippen LogP contribution in [-0.2, 0) is 0 Å². The quantitative estimate of drug-likeness (QED) is 0.295. The number of fused-ring (bicyclic) bond motifs is 1. The fourth-order valence-corrected chi connectivity index (χ4v) is 2.86. The number of hydrogen-bond donors (Lipinski definition) is 0. The summed E-state index contributed by atoms with van der Waals surface area (Å²) >= 11 is 0. The van der Waals surface area contributed by atoms with Crippen molar-refractivity contribution in [2.24, 2.45) is 0 Å². The summed E-state index contributed by atoms with van der Waals surface area (Å²) in [6, 6.07) is 11.2. The zero-order chi connectivity index (χ0) is 19.6. The molecule has 0 aliphatic carbocycles. The van der Waals surface area contributed by atoms with E-state index in [9.17, 15) is 14.4 Å². The van der Waals surface area contributed by atoms with E-state index in [2.05, 4.69) is 0 Å². The molecule has 0 radical (unpaired) electrons. The number of benzene rings is 2. The number of ether oxygens (including phenoxy) is 2. The second kappa shape index (κ2) is 7.45. The molecule has 1 heterocycles. The topological polar surface area (TPSA) is 82.8 Å². The average Bonchev–Trinajstić information content (AvgIpc) is 2.61. The van der Waals surface area contributed by atoms with E-state index in [1.54, 1.807) is 37.3 Å². The Balaban J connectivity index is 2.10. The third kappa shape index (κ3) is 3.60. The van der Waals surface area contributed by atoms with E-state index in [4.69, 9.17) is 13.9 Å². The Morgan fingerprint density at radius 1 is 1.07 bits per heavy atom. The fourth-order valence-electron chi connectivity index (χ4n) is 2.86. The molecule has 6 nitrogen and oxygen atoms in total. The minimum absolute atomic E-state index is 0.0278. The first-order valence-corrected chi connectivity index (χ1v) is 8.44. The van der Waals surface area contributed by atoms with Gasteiger partial charge in [0.25, 0.3) is 0 Å². The maximum atomic E-state index is 12.6. The first kappa shape index (κ1) is 18.4. The minimum atomic E-state index is -0.670. The number of aryl methyl sites for hydroxylation is 1. The van der Waals surface area contributed by atoms with Gasteiger partial charge in [-0.2, -0.15) is 0 Å². The predicted molar refractivity (Wildman–Crippen MR) is 99.8 cm³/mol. The Morgan fingerprint density at radius 3 is 2.52 bits per heavy atom. The Morgan fingerprint density at radius 2 is 1.81 bits per heavy atom. The maximum Gasteiger partial charge on any atom is 0.347 e. The molecular formula is C21H18O6. The summed E-state index contributed by atoms with van der Waals surface area (Å²) < 4.78 is 16.1. The second-order valence-corrected chi connectivity index (χ2v) is 5.94. The van der Waals surface area contributed by atoms with Crippen LogP contribution in [-0.4, -0.2) is 18.4 Å². The monoisotopic (exact) mass is 366 g/mol. The van der Waals surface area contributed by atoms with Crippen LogP contribution >= 0.6 is 0 Å². The summed E-state index contributed by atoms with van der Waals surface area (Å²) in [7, 11) is 0. The molecule has 0 atom stereocenters. The molecule has 2 aromatic carbocycles. The Kier molecular flexibility index (Phi) is 5.07. The number of ketones is 1. The maximum absolute atomic E-state index is 12.6. The summed E-state index contributed by atoms with van der Waals surface area (Å²) in [6.45, 7) is 5.27. The van der Waals surface area contributed by atoms with E-state index >= 15 is 0 Å². The SMILES string of the molecule is CCOc1ccccc1C(=O)Oc1ccc2c(C)cc(=O)oc2c1C(C)=O. The highest BCUT2D eigenvalue weighted by Crippen LogP contribution is 2.31. The number of rotatable bonds is 5. The standard InChI is InChI=1S/C21H18O6/c1-4-25-16-8-6-5-7-15(16)21(24)26-17-10-9-14-12(2)11-18(23)27-20(14)19(17)13(3)22/h5-11H,4H2,1-3H3. The van der Waals surface area contributed by atoms with Crippen molar-refractivity contribution in [1.29, 1.82) is 0 Å². The normalized spacial score (nSPS) is 10.6. The Bertz CT molecular complexity index is 1090. The number of carbonyl (C=O) groups is 2. The van der Waals surface area contributed by atoms with Crippen molar-refractivity contribution in [3.63, 3.8) is 0 Å². The van der Waals surface area contributed by atoms with Crippen molar-refractivity contribution in [1.82, 2.24) is 0 Å². The summed E-state index contributed by atoms with van der Waals surface area (Å²) in [6.07, 6.45) is 0. The highest BCUT2D eigenvalue weighted by Gasteiger charge is 2.21. The lowest BCUT2D eigenvalue weighted by atomic mass is 10.0. The van der Waals surface area contributed by atoms with Crippen molar-refractivity contribution < 1.29 is 23.5 Å². The summed E-state index contributed by atoms with van der Waals surface area (Å²) in [5.41, 5.74) is 0.488. The van der Waals surface area contributed by atoms with E-state index < -0.39 is 11.6 Å². The van der Waals surface area contributed by atoms with Crippen molar-refractivity contribution in [3.8, 4) is 11.5 Å². The molecule has 0 fully saturated rings. The van der Waals surface area contributed by atoms with Gasteiger partial charge in [0.1, 0.15) is 22.6 Å². The lowest BCUT2D eigenvalue weighted by Crippen LogP contribution is -2.13. The number of hydrogen-bond acceptors (Lipinski definition) is 6. The van der Waals surface area contributed by atoms with Crippen LogP contribution in [0.5, 0.6) is 11.5 Å². The molecule has 0 aliphatic heterocycles. The Labute approximate surface area is 155 Å². The van der Waals surface area contributed by atoms with Gasteiger partial charge in [0.15, 0.2) is 11.4 Å². The molecule has 3 rings (SSSR count). The molecule has 0 bridgehead atoms. The molecule has 0 amide bonds. The lowest BCUT2D eigenvalue weighted by molar-refractivity contribution is 0.0729. The molecule has 0 saturated heterocycles. The van der Waals surface area contributed by atoms with Crippen LogP contribution in [0.1, 0.15) is 40.1 Å². The summed E-state index contributed by atoms with van der Waals surface area (Å²) in [5.74, 6) is -0.635. The molecule has 6 heteroatoms. The van der Waals surface area contributed by atoms with Gasteiger partial charge < -0.3 is 13.9 Å². The van der Waals surface area contributed by atoms with Crippen LogP contribution in [0.3, 0.4) is 0 Å². The highest BCUT2D eigenvalue weighted by molar-refractivity contribution is 6.08. The van der Waals surface area contributed by atoms with Crippen molar-refractivity contribution in [2.75, 3.05) is 6.61 Å². The van der Waals surface area contributed by atoms with E-state index in [-0.39, 0.29) is 28.2 Å². The Hall–Kier alpha value is -3.41. The average molecular weight is 366 g/mol. The number of carbonyl (C=O) groups excluding carboxylic acids is 2. The van der Waals surface area contributed by atoms with Gasteiger partial charge in [-0.3, -0.25) is 4.79 Å². The van der Waals surface area contributed by atoms with Gasteiger partial charge >= 0.3 is 11.6 Å². The molecule has 3 aromatic rings. The largest absolute Gasteiger partial charge is 0.493 e. The molecule has 1 aromatic heterocycles. The number of para-hydroxylation sites is 1. The predicted octanol–water partition coefficient (Wildman–Crippen LogP) is 3.92. The van der Waals surface area contributed by atoms with Gasteiger partial charge in [-0.15, -0.1) is 0 Å². The van der Waals surface area contributed by atoms with Gasteiger partial charge in [0.2, 0.25) is 0 Å². The third-order valence-electron chi connectivity index (χ3n) is 4.04. The van der Waals surface area contributed by atoms with E-state index in [0.717, 1.165) is 0 Å². The number of esters is 1. The molecule has 138 valence electrons. The van der Waals surface area contributed by atoms with Gasteiger partial charge in [-0.05, 0) is 50.6 Å². The van der Waals surface area contributed by atoms with Crippen LogP contribution in [0, 0.1) is 6.92 Å². The minimum Gasteiger partial charge on any atom is -0.493 e. The van der Waals surface area contributed by atoms with Crippen LogP contribution in [0.2, 0.25) is 0 Å². The zero-order valence-electron chi connectivity index (χ0n) is 15.2. The molecule has 0 unspecified atom stereocenters. The first-order chi connectivity index (χ1) is 12.9. The molecule has 0 N–H and O–H groups in total. The first-order valence-electron chi connectivity index (χ1n) is 8.44. The molecule has 27 heavy (non-hydrogen) atoms. The fraction of sp³-hybridized carbons (Fsp3) is 0.190. The van der Waals surface area contributed by atoms with Crippen molar-refractivity contribution in [2.45, 2.75) is 20.8 Å². The van der Waals surface area contributed by atoms with Gasteiger partial charge in [-0.1, -0.05) is 12.1 Å². The van der Waals surface area contributed by atoms with E-state index in [0.29, 0.717) is 23.3 Å². The van der Waals surface area contributed by atoms with Gasteiger partial charge in [0.05, 0.1) is 6.61 Å². The highest BCUT2D eigenvalue weighted by atomic mass is 16.5. The lowest BCUT2D eigenvalue weighted by Gasteiger charge is -2.13.